The number of amides is 1. The minimum atomic E-state index is -4.47. The molecule has 0 saturated heterocycles. The Kier molecular flexibility index (Phi) is 5.18. The number of carbonyl (C=O) groups excluding carboxylic acids is 1. The summed E-state index contributed by atoms with van der Waals surface area (Å²) in [6.07, 6.45) is -4.47. The van der Waals surface area contributed by atoms with Crippen LogP contribution in [0.15, 0.2) is 48.5 Å². The summed E-state index contributed by atoms with van der Waals surface area (Å²) in [5, 5.41) is 6.15. The molecule has 1 heterocycles. The number of halogens is 3. The highest BCUT2D eigenvalue weighted by atomic mass is 32.1. The van der Waals surface area contributed by atoms with E-state index in [4.69, 9.17) is 0 Å². The Morgan fingerprint density at radius 1 is 1.04 bits per heavy atom. The fourth-order valence-corrected chi connectivity index (χ4v) is 3.26. The highest BCUT2D eigenvalue weighted by Gasteiger charge is 2.30. The van der Waals surface area contributed by atoms with Crippen molar-refractivity contribution in [3.05, 3.63) is 70.2 Å². The van der Waals surface area contributed by atoms with Gasteiger partial charge in [-0.3, -0.25) is 4.79 Å². The number of carbonyl (C=O) groups is 1. The van der Waals surface area contributed by atoms with Crippen LogP contribution in [0.3, 0.4) is 0 Å². The lowest BCUT2D eigenvalue weighted by molar-refractivity contribution is -0.137. The first-order valence-electron chi connectivity index (χ1n) is 8.02. The second-order valence-corrected chi connectivity index (χ2v) is 6.96. The van der Waals surface area contributed by atoms with Crippen molar-refractivity contribution in [3.8, 4) is 0 Å². The Labute approximate surface area is 158 Å². The maximum Gasteiger partial charge on any atom is 0.416 e. The van der Waals surface area contributed by atoms with Crippen molar-refractivity contribution >= 4 is 33.8 Å². The lowest BCUT2D eigenvalue weighted by Gasteiger charge is -2.09. The number of aromatic nitrogens is 1. The predicted molar refractivity (Wildman–Crippen MR) is 101 cm³/mol. The van der Waals surface area contributed by atoms with Crippen LogP contribution in [0, 0.1) is 13.8 Å². The van der Waals surface area contributed by atoms with E-state index in [9.17, 15) is 18.0 Å². The molecule has 1 aromatic heterocycles. The van der Waals surface area contributed by atoms with Gasteiger partial charge in [-0.2, -0.15) is 13.2 Å². The molecule has 2 N–H and O–H groups in total. The van der Waals surface area contributed by atoms with E-state index < -0.39 is 17.6 Å². The Morgan fingerprint density at radius 3 is 2.41 bits per heavy atom. The van der Waals surface area contributed by atoms with Gasteiger partial charge in [0.15, 0.2) is 5.13 Å². The zero-order valence-corrected chi connectivity index (χ0v) is 15.3. The number of alkyl halides is 3. The summed E-state index contributed by atoms with van der Waals surface area (Å²) in [5.41, 5.74) is 1.72. The molecule has 1 amide bonds. The fourth-order valence-electron chi connectivity index (χ4n) is 2.38. The van der Waals surface area contributed by atoms with E-state index in [-0.39, 0.29) is 5.69 Å². The first kappa shape index (κ1) is 18.9. The van der Waals surface area contributed by atoms with E-state index in [1.54, 1.807) is 6.92 Å². The SMILES string of the molecule is Cc1ccc(Nc2nc(C)c(C(=O)Nc3cccc(C(F)(F)F)c3)s2)cc1. The van der Waals surface area contributed by atoms with Gasteiger partial charge < -0.3 is 10.6 Å². The van der Waals surface area contributed by atoms with Gasteiger partial charge in [0.25, 0.3) is 5.91 Å². The zero-order valence-electron chi connectivity index (χ0n) is 14.5. The maximum absolute atomic E-state index is 12.8. The number of anilines is 3. The number of nitrogens with zero attached hydrogens (tertiary/aromatic N) is 1. The van der Waals surface area contributed by atoms with Gasteiger partial charge >= 0.3 is 6.18 Å². The van der Waals surface area contributed by atoms with Gasteiger partial charge in [-0.15, -0.1) is 0 Å². The van der Waals surface area contributed by atoms with Crippen molar-refractivity contribution in [2.45, 2.75) is 20.0 Å². The molecule has 0 atom stereocenters. The summed E-state index contributed by atoms with van der Waals surface area (Å²) < 4.78 is 38.4. The molecule has 0 aliphatic rings. The Hall–Kier alpha value is -2.87. The van der Waals surface area contributed by atoms with E-state index in [0.29, 0.717) is 15.7 Å². The Morgan fingerprint density at radius 2 is 1.74 bits per heavy atom. The Balaban J connectivity index is 1.76. The molecule has 8 heteroatoms. The third kappa shape index (κ3) is 4.65. The van der Waals surface area contributed by atoms with Crippen molar-refractivity contribution in [1.29, 1.82) is 0 Å². The molecule has 2 aromatic carbocycles. The van der Waals surface area contributed by atoms with Crippen molar-refractivity contribution in [2.75, 3.05) is 10.6 Å². The molecular weight excluding hydrogens is 375 g/mol. The third-order valence-electron chi connectivity index (χ3n) is 3.75. The normalized spacial score (nSPS) is 11.3. The molecule has 0 bridgehead atoms. The van der Waals surface area contributed by atoms with E-state index in [1.165, 1.54) is 12.1 Å². The number of hydrogen-bond donors (Lipinski definition) is 2. The summed E-state index contributed by atoms with van der Waals surface area (Å²) in [6.45, 7) is 3.66. The van der Waals surface area contributed by atoms with Crippen LogP contribution in [0.25, 0.3) is 0 Å². The van der Waals surface area contributed by atoms with Crippen LogP contribution < -0.4 is 10.6 Å². The second-order valence-electron chi connectivity index (χ2n) is 5.96. The summed E-state index contributed by atoms with van der Waals surface area (Å²) >= 11 is 1.14. The number of aryl methyl sites for hydroxylation is 2. The van der Waals surface area contributed by atoms with Gasteiger partial charge in [0.05, 0.1) is 11.3 Å². The van der Waals surface area contributed by atoms with Crippen molar-refractivity contribution < 1.29 is 18.0 Å². The van der Waals surface area contributed by atoms with E-state index >= 15 is 0 Å². The average molecular weight is 391 g/mol. The second kappa shape index (κ2) is 7.40. The molecule has 0 saturated carbocycles. The standard InChI is InChI=1S/C19H16F3N3OS/c1-11-6-8-14(9-7-11)25-18-23-12(2)16(27-18)17(26)24-15-5-3-4-13(10-15)19(20,21)22/h3-10H,1-2H3,(H,23,25)(H,24,26). The molecule has 0 aliphatic heterocycles. The number of nitrogens with one attached hydrogen (secondary N) is 2. The van der Waals surface area contributed by atoms with Crippen LogP contribution in [0.1, 0.15) is 26.5 Å². The topological polar surface area (TPSA) is 54.0 Å². The molecule has 0 fully saturated rings. The molecule has 0 radical (unpaired) electrons. The number of thiazole rings is 1. The van der Waals surface area contributed by atoms with Gasteiger partial charge in [0, 0.05) is 11.4 Å². The molecule has 0 aliphatic carbocycles. The van der Waals surface area contributed by atoms with Gasteiger partial charge in [-0.1, -0.05) is 35.1 Å². The van der Waals surface area contributed by atoms with Gasteiger partial charge in [-0.25, -0.2) is 4.98 Å². The van der Waals surface area contributed by atoms with Crippen molar-refractivity contribution in [1.82, 2.24) is 4.98 Å². The van der Waals surface area contributed by atoms with Crippen LogP contribution in [0.2, 0.25) is 0 Å². The summed E-state index contributed by atoms with van der Waals surface area (Å²) in [4.78, 5) is 17.1. The van der Waals surface area contributed by atoms with Crippen LogP contribution >= 0.6 is 11.3 Å². The number of rotatable bonds is 4. The number of benzene rings is 2. The van der Waals surface area contributed by atoms with Crippen LogP contribution in [-0.4, -0.2) is 10.9 Å². The zero-order chi connectivity index (χ0) is 19.6. The lowest BCUT2D eigenvalue weighted by atomic mass is 10.2. The van der Waals surface area contributed by atoms with Crippen LogP contribution in [0.4, 0.5) is 29.7 Å². The highest BCUT2D eigenvalue weighted by Crippen LogP contribution is 2.31. The molecule has 140 valence electrons. The lowest BCUT2D eigenvalue weighted by Crippen LogP contribution is -2.13. The van der Waals surface area contributed by atoms with E-state index in [2.05, 4.69) is 15.6 Å². The molecule has 4 nitrogen and oxygen atoms in total. The molecule has 0 spiro atoms. The summed E-state index contributed by atoms with van der Waals surface area (Å²) in [7, 11) is 0. The van der Waals surface area contributed by atoms with Gasteiger partial charge in [-0.05, 0) is 44.2 Å². The molecule has 3 rings (SSSR count). The minimum Gasteiger partial charge on any atom is -0.332 e. The third-order valence-corrected chi connectivity index (χ3v) is 4.83. The smallest absolute Gasteiger partial charge is 0.332 e. The maximum atomic E-state index is 12.8. The fraction of sp³-hybridized carbons (Fsp3) is 0.158. The molecule has 3 aromatic rings. The quantitative estimate of drug-likeness (QED) is 0.593. The Bertz CT molecular complexity index is 965. The average Bonchev–Trinajstić information content (AvgIpc) is 2.97. The first-order chi connectivity index (χ1) is 12.7. The van der Waals surface area contributed by atoms with Crippen LogP contribution in [0.5, 0.6) is 0 Å². The predicted octanol–water partition coefficient (Wildman–Crippen LogP) is 5.77. The summed E-state index contributed by atoms with van der Waals surface area (Å²) in [5.74, 6) is -0.499. The highest BCUT2D eigenvalue weighted by molar-refractivity contribution is 7.17. The molecule has 27 heavy (non-hydrogen) atoms. The molecular formula is C19H16F3N3OS. The molecule has 0 unspecified atom stereocenters. The largest absolute Gasteiger partial charge is 0.416 e. The summed E-state index contributed by atoms with van der Waals surface area (Å²) in [6, 6.07) is 12.2. The van der Waals surface area contributed by atoms with Gasteiger partial charge in [0.1, 0.15) is 4.88 Å². The van der Waals surface area contributed by atoms with Crippen molar-refractivity contribution in [3.63, 3.8) is 0 Å². The monoisotopic (exact) mass is 391 g/mol. The van der Waals surface area contributed by atoms with Crippen LogP contribution in [-0.2, 0) is 6.18 Å². The first-order valence-corrected chi connectivity index (χ1v) is 8.84. The van der Waals surface area contributed by atoms with Crippen molar-refractivity contribution in [2.24, 2.45) is 0 Å². The van der Waals surface area contributed by atoms with E-state index in [1.807, 2.05) is 31.2 Å². The van der Waals surface area contributed by atoms with Gasteiger partial charge in [0.2, 0.25) is 0 Å². The minimum absolute atomic E-state index is 0.0793. The van der Waals surface area contributed by atoms with E-state index in [0.717, 1.165) is 34.7 Å². The number of hydrogen-bond acceptors (Lipinski definition) is 4.